The summed E-state index contributed by atoms with van der Waals surface area (Å²) < 4.78 is 21.3. The van der Waals surface area contributed by atoms with Gasteiger partial charge in [-0.1, -0.05) is 16.5 Å². The molecule has 102 valence electrons. The van der Waals surface area contributed by atoms with Gasteiger partial charge in [-0.05, 0) is 25.0 Å². The van der Waals surface area contributed by atoms with Crippen molar-refractivity contribution in [2.75, 3.05) is 5.73 Å². The van der Waals surface area contributed by atoms with E-state index in [9.17, 15) is 13.2 Å². The van der Waals surface area contributed by atoms with Gasteiger partial charge in [0.05, 0.1) is 0 Å². The predicted octanol–water partition coefficient (Wildman–Crippen LogP) is 1.67. The second-order valence-corrected chi connectivity index (χ2v) is 6.00. The van der Waals surface area contributed by atoms with Gasteiger partial charge in [0, 0.05) is 27.9 Å². The van der Waals surface area contributed by atoms with Crippen LogP contribution < -0.4 is 5.73 Å². The highest BCUT2D eigenvalue weighted by Crippen LogP contribution is 2.33. The lowest BCUT2D eigenvalue weighted by Gasteiger charge is -2.01. The lowest BCUT2D eigenvalue weighted by molar-refractivity contribution is 0.0968. The van der Waals surface area contributed by atoms with Gasteiger partial charge in [0.1, 0.15) is 0 Å². The van der Waals surface area contributed by atoms with Crippen LogP contribution in [-0.4, -0.2) is 20.3 Å². The summed E-state index contributed by atoms with van der Waals surface area (Å²) in [5.41, 5.74) is 6.97. The zero-order chi connectivity index (χ0) is 14.5. The molecular formula is C11H11ClN2O4S. The quantitative estimate of drug-likeness (QED) is 0.300. The number of anilines is 1. The molecule has 0 amide bonds. The maximum Gasteiger partial charge on any atom is 0.350 e. The molecule has 0 heterocycles. The molecule has 19 heavy (non-hydrogen) atoms. The minimum Gasteiger partial charge on any atom is -0.398 e. The molecule has 1 aromatic rings. The highest BCUT2D eigenvalue weighted by atomic mass is 35.7. The van der Waals surface area contributed by atoms with Crippen molar-refractivity contribution in [1.29, 1.82) is 0 Å². The van der Waals surface area contributed by atoms with Crippen LogP contribution in [0, 0.1) is 5.92 Å². The van der Waals surface area contributed by atoms with Crippen molar-refractivity contribution in [1.82, 2.24) is 0 Å². The van der Waals surface area contributed by atoms with E-state index in [2.05, 4.69) is 15.1 Å². The van der Waals surface area contributed by atoms with Gasteiger partial charge in [-0.15, -0.1) is 0 Å². The first-order valence-corrected chi connectivity index (χ1v) is 7.54. The van der Waals surface area contributed by atoms with Crippen LogP contribution in [0.2, 0.25) is 0 Å². The van der Waals surface area contributed by atoms with E-state index in [0.717, 1.165) is 18.9 Å². The van der Waals surface area contributed by atoms with Gasteiger partial charge in [0.15, 0.2) is 5.78 Å². The Morgan fingerprint density at radius 2 is 1.95 bits per heavy atom. The van der Waals surface area contributed by atoms with Gasteiger partial charge in [-0.2, -0.15) is 8.42 Å². The molecule has 1 aromatic carbocycles. The van der Waals surface area contributed by atoms with Crippen LogP contribution in [0.15, 0.2) is 28.7 Å². The number of rotatable bonds is 3. The Bertz CT molecular complexity index is 619. The van der Waals surface area contributed by atoms with E-state index in [1.807, 2.05) is 12.1 Å². The summed E-state index contributed by atoms with van der Waals surface area (Å²) in [6.07, 6.45) is 2.83. The number of hydrogen-bond donors (Lipinski definition) is 1. The van der Waals surface area contributed by atoms with Crippen LogP contribution in [0.25, 0.3) is 0 Å². The molecule has 1 fully saturated rings. The molecule has 0 atom stereocenters. The number of ketones is 1. The summed E-state index contributed by atoms with van der Waals surface area (Å²) in [5.74, 6) is 0.475. The van der Waals surface area contributed by atoms with E-state index in [-0.39, 0.29) is 11.7 Å². The average molecular weight is 303 g/mol. The molecule has 8 heteroatoms. The van der Waals surface area contributed by atoms with Crippen molar-refractivity contribution in [3.8, 4) is 0 Å². The maximum atomic E-state index is 11.5. The zero-order valence-electron chi connectivity index (χ0n) is 9.74. The fraction of sp³-hybridized carbons (Fsp3) is 0.273. The smallest absolute Gasteiger partial charge is 0.350 e. The van der Waals surface area contributed by atoms with Crippen molar-refractivity contribution >= 4 is 37.5 Å². The van der Waals surface area contributed by atoms with Crippen molar-refractivity contribution in [2.24, 2.45) is 10.3 Å². The van der Waals surface area contributed by atoms with Crippen LogP contribution >= 0.6 is 10.7 Å². The van der Waals surface area contributed by atoms with Gasteiger partial charge >= 0.3 is 9.24 Å². The van der Waals surface area contributed by atoms with E-state index in [4.69, 9.17) is 10.5 Å². The number of hydrogen-bond acceptors (Lipinski definition) is 5. The second kappa shape index (κ2) is 6.47. The Balaban J connectivity index is 0.000000224. The Morgan fingerprint density at radius 3 is 2.32 bits per heavy atom. The van der Waals surface area contributed by atoms with Crippen LogP contribution in [0.4, 0.5) is 5.69 Å². The van der Waals surface area contributed by atoms with Gasteiger partial charge in [0.2, 0.25) is 0 Å². The third-order valence-electron chi connectivity index (χ3n) is 2.32. The molecule has 2 rings (SSSR count). The van der Waals surface area contributed by atoms with Gasteiger partial charge in [-0.25, -0.2) is 4.79 Å². The Hall–Kier alpha value is -1.69. The van der Waals surface area contributed by atoms with E-state index in [1.165, 1.54) is 0 Å². The molecule has 0 bridgehead atoms. The summed E-state index contributed by atoms with van der Waals surface area (Å²) in [6, 6.07) is 7.27. The SMILES string of the molecule is Nc1ccccc1C(=O)C1CC1.O=C=NS(=O)(=O)Cl. The minimum absolute atomic E-state index is 0.216. The fourth-order valence-corrected chi connectivity index (χ4v) is 1.50. The number of Topliss-reactive ketones (excluding diaryl/α,β-unsaturated/α-hetero) is 1. The first kappa shape index (κ1) is 15.4. The number of nitrogens with two attached hydrogens (primary N) is 1. The molecule has 0 spiro atoms. The Kier molecular flexibility index (Phi) is 5.23. The highest BCUT2D eigenvalue weighted by Gasteiger charge is 2.31. The third-order valence-corrected chi connectivity index (χ3v) is 2.82. The molecule has 6 nitrogen and oxygen atoms in total. The van der Waals surface area contributed by atoms with Gasteiger partial charge in [0.25, 0.3) is 6.08 Å². The maximum absolute atomic E-state index is 11.5. The topological polar surface area (TPSA) is 107 Å². The van der Waals surface area contributed by atoms with Gasteiger partial charge < -0.3 is 5.73 Å². The van der Waals surface area contributed by atoms with Gasteiger partial charge in [-0.3, -0.25) is 4.79 Å². The van der Waals surface area contributed by atoms with E-state index in [1.54, 1.807) is 12.1 Å². The Morgan fingerprint density at radius 1 is 1.37 bits per heavy atom. The number of nitrogens with zero attached hydrogens (tertiary/aromatic N) is 1. The molecule has 2 N–H and O–H groups in total. The van der Waals surface area contributed by atoms with Crippen molar-refractivity contribution in [3.63, 3.8) is 0 Å². The number of para-hydroxylation sites is 1. The largest absolute Gasteiger partial charge is 0.398 e. The molecule has 0 aliphatic heterocycles. The zero-order valence-corrected chi connectivity index (χ0v) is 11.3. The number of halogens is 1. The summed E-state index contributed by atoms with van der Waals surface area (Å²) in [4.78, 5) is 20.6. The highest BCUT2D eigenvalue weighted by molar-refractivity contribution is 8.12. The number of carbonyl (C=O) groups excluding carboxylic acids is 2. The molecule has 0 saturated heterocycles. The predicted molar refractivity (Wildman–Crippen MR) is 70.8 cm³/mol. The van der Waals surface area contributed by atoms with Crippen molar-refractivity contribution in [3.05, 3.63) is 29.8 Å². The lowest BCUT2D eigenvalue weighted by atomic mass is 10.1. The lowest BCUT2D eigenvalue weighted by Crippen LogP contribution is -2.04. The molecular weight excluding hydrogens is 292 g/mol. The molecule has 1 aliphatic rings. The summed E-state index contributed by atoms with van der Waals surface area (Å²) in [5, 5.41) is 0. The molecule has 0 unspecified atom stereocenters. The van der Waals surface area contributed by atoms with Crippen LogP contribution in [0.3, 0.4) is 0 Å². The minimum atomic E-state index is -4.00. The first-order chi connectivity index (χ1) is 8.85. The first-order valence-electron chi connectivity index (χ1n) is 5.27. The number of benzene rings is 1. The molecule has 1 saturated carbocycles. The second-order valence-electron chi connectivity index (χ2n) is 3.82. The number of isocyanates is 1. The van der Waals surface area contributed by atoms with E-state index < -0.39 is 9.24 Å². The molecule has 0 radical (unpaired) electrons. The Labute approximate surface area is 114 Å². The fourth-order valence-electron chi connectivity index (χ4n) is 1.33. The number of carbonyl (C=O) groups is 1. The van der Waals surface area contributed by atoms with E-state index in [0.29, 0.717) is 11.3 Å². The summed E-state index contributed by atoms with van der Waals surface area (Å²) >= 11 is 0. The monoisotopic (exact) mass is 302 g/mol. The van der Waals surface area contributed by atoms with Crippen LogP contribution in [-0.2, 0) is 14.0 Å². The van der Waals surface area contributed by atoms with Crippen molar-refractivity contribution in [2.45, 2.75) is 12.8 Å². The van der Waals surface area contributed by atoms with E-state index >= 15 is 0 Å². The average Bonchev–Trinajstić information content (AvgIpc) is 3.12. The normalized spacial score (nSPS) is 13.7. The van der Waals surface area contributed by atoms with Crippen LogP contribution in [0.5, 0.6) is 0 Å². The van der Waals surface area contributed by atoms with Crippen molar-refractivity contribution < 1.29 is 18.0 Å². The molecule has 0 aromatic heterocycles. The standard InChI is InChI=1S/C10H11NO.CClNO3S/c11-9-4-2-1-3-8(9)10(12)7-5-6-7;2-7(5,6)3-1-4/h1-4,7H,5-6,11H2;. The summed E-state index contributed by atoms with van der Waals surface area (Å²) in [6.45, 7) is 0. The third kappa shape index (κ3) is 5.65. The molecule has 1 aliphatic carbocycles. The van der Waals surface area contributed by atoms with Crippen LogP contribution in [0.1, 0.15) is 23.2 Å². The summed E-state index contributed by atoms with van der Waals surface area (Å²) in [7, 11) is 0.376. The number of nitrogen functional groups attached to an aromatic ring is 1.